The molecule has 0 atom stereocenters. The minimum absolute atomic E-state index is 0.0411. The number of imidazole rings is 1. The maximum absolute atomic E-state index is 13.0. The van der Waals surface area contributed by atoms with Gasteiger partial charge in [-0.3, -0.25) is 14.2 Å². The van der Waals surface area contributed by atoms with E-state index in [0.717, 1.165) is 5.56 Å². The first kappa shape index (κ1) is 20.1. The molecule has 1 N–H and O–H groups in total. The molecule has 0 spiro atoms. The Hall–Kier alpha value is -3.78. The Bertz CT molecular complexity index is 1310. The number of carbonyl (C=O) groups excluding carboxylic acids is 1. The molecule has 4 aromatic rings. The average molecular weight is 429 g/mol. The van der Waals surface area contributed by atoms with Crippen molar-refractivity contribution in [1.29, 1.82) is 0 Å². The van der Waals surface area contributed by atoms with Crippen molar-refractivity contribution in [3.8, 4) is 11.4 Å². The van der Waals surface area contributed by atoms with Gasteiger partial charge in [0.05, 0.1) is 18.3 Å². The van der Waals surface area contributed by atoms with Crippen LogP contribution in [0, 0.1) is 0 Å². The van der Waals surface area contributed by atoms with Crippen LogP contribution >= 0.6 is 0 Å². The Morgan fingerprint density at radius 3 is 2.34 bits per heavy atom. The summed E-state index contributed by atoms with van der Waals surface area (Å²) in [6.45, 7) is 0.980. The molecule has 1 fully saturated rings. The van der Waals surface area contributed by atoms with Gasteiger partial charge in [0.25, 0.3) is 11.5 Å². The molecular weight excluding hydrogens is 406 g/mol. The molecule has 1 saturated heterocycles. The van der Waals surface area contributed by atoms with Gasteiger partial charge in [-0.05, 0) is 25.0 Å². The fraction of sp³-hybridized carbons (Fsp3) is 0.250. The van der Waals surface area contributed by atoms with Crippen LogP contribution in [0.3, 0.4) is 0 Å². The summed E-state index contributed by atoms with van der Waals surface area (Å²) < 4.78 is 2.96. The van der Waals surface area contributed by atoms with E-state index in [-0.39, 0.29) is 18.0 Å². The molecule has 8 nitrogen and oxygen atoms in total. The zero-order valence-electron chi connectivity index (χ0n) is 17.5. The summed E-state index contributed by atoms with van der Waals surface area (Å²) in [5, 5.41) is 15.5. The summed E-state index contributed by atoms with van der Waals surface area (Å²) in [5.74, 6) is 0.553. The van der Waals surface area contributed by atoms with Crippen molar-refractivity contribution in [1.82, 2.24) is 24.1 Å². The fourth-order valence-electron chi connectivity index (χ4n) is 4.18. The first-order valence-corrected chi connectivity index (χ1v) is 10.6. The van der Waals surface area contributed by atoms with Crippen LogP contribution in [0.1, 0.15) is 23.2 Å². The molecular formula is C24H23N5O3. The lowest BCUT2D eigenvalue weighted by molar-refractivity contribution is -0.0300. The largest absolute Gasteiger partial charge is 0.388 e. The lowest BCUT2D eigenvalue weighted by Gasteiger charge is -2.38. The molecule has 3 heterocycles. The molecule has 2 aromatic heterocycles. The van der Waals surface area contributed by atoms with Crippen molar-refractivity contribution < 1.29 is 9.90 Å². The predicted molar refractivity (Wildman–Crippen MR) is 119 cm³/mol. The van der Waals surface area contributed by atoms with Gasteiger partial charge < -0.3 is 10.0 Å². The monoisotopic (exact) mass is 429 g/mol. The number of rotatable bonds is 4. The molecule has 2 aromatic carbocycles. The van der Waals surface area contributed by atoms with Gasteiger partial charge in [0, 0.05) is 24.2 Å². The van der Waals surface area contributed by atoms with Gasteiger partial charge in [0.1, 0.15) is 6.33 Å². The molecule has 32 heavy (non-hydrogen) atoms. The van der Waals surface area contributed by atoms with E-state index in [2.05, 4.69) is 10.1 Å². The quantitative estimate of drug-likeness (QED) is 0.537. The lowest BCUT2D eigenvalue weighted by Crippen LogP contribution is -2.49. The number of fused-ring (bicyclic) bond motifs is 1. The van der Waals surface area contributed by atoms with Crippen LogP contribution in [0.25, 0.3) is 16.9 Å². The summed E-state index contributed by atoms with van der Waals surface area (Å²) in [5.41, 5.74) is 0.516. The minimum atomic E-state index is -1.08. The van der Waals surface area contributed by atoms with Crippen molar-refractivity contribution in [2.45, 2.75) is 25.0 Å². The van der Waals surface area contributed by atoms with Gasteiger partial charge >= 0.3 is 0 Å². The van der Waals surface area contributed by atoms with Crippen molar-refractivity contribution in [3.63, 3.8) is 0 Å². The SMILES string of the molecule is O=C(c1ccccc1)N1CCC(O)(Cn2cnn3c(-c4ccccc4)ncc3c2=O)CC1. The first-order chi connectivity index (χ1) is 15.5. The second-order valence-electron chi connectivity index (χ2n) is 8.19. The number of hydrogen-bond acceptors (Lipinski definition) is 5. The van der Waals surface area contributed by atoms with E-state index in [4.69, 9.17) is 0 Å². The Balaban J connectivity index is 1.33. The van der Waals surface area contributed by atoms with Crippen molar-refractivity contribution in [3.05, 3.63) is 89.1 Å². The van der Waals surface area contributed by atoms with Crippen molar-refractivity contribution in [2.24, 2.45) is 0 Å². The van der Waals surface area contributed by atoms with Crippen molar-refractivity contribution in [2.75, 3.05) is 13.1 Å². The number of carbonyl (C=O) groups is 1. The van der Waals surface area contributed by atoms with E-state index in [1.807, 2.05) is 48.5 Å². The highest BCUT2D eigenvalue weighted by Gasteiger charge is 2.35. The smallest absolute Gasteiger partial charge is 0.279 e. The number of likely N-dealkylation sites (tertiary alicyclic amines) is 1. The molecule has 8 heteroatoms. The van der Waals surface area contributed by atoms with Gasteiger partial charge in [-0.1, -0.05) is 48.5 Å². The molecule has 0 unspecified atom stereocenters. The second-order valence-corrected chi connectivity index (χ2v) is 8.19. The maximum Gasteiger partial charge on any atom is 0.279 e. The van der Waals surface area contributed by atoms with Crippen LogP contribution < -0.4 is 5.56 Å². The lowest BCUT2D eigenvalue weighted by atomic mass is 9.91. The zero-order chi connectivity index (χ0) is 22.1. The second kappa shape index (κ2) is 8.05. The van der Waals surface area contributed by atoms with Gasteiger partial charge in [0.15, 0.2) is 11.3 Å². The number of hydrogen-bond donors (Lipinski definition) is 1. The van der Waals surface area contributed by atoms with Gasteiger partial charge in [-0.2, -0.15) is 5.10 Å². The number of aromatic nitrogens is 4. The van der Waals surface area contributed by atoms with Crippen LogP contribution in [0.2, 0.25) is 0 Å². The summed E-state index contributed by atoms with van der Waals surface area (Å²) in [6.07, 6.45) is 3.73. The van der Waals surface area contributed by atoms with E-state index in [1.165, 1.54) is 21.6 Å². The molecule has 0 radical (unpaired) electrons. The topological polar surface area (TPSA) is 92.7 Å². The van der Waals surface area contributed by atoms with Gasteiger partial charge in [-0.15, -0.1) is 0 Å². The summed E-state index contributed by atoms with van der Waals surface area (Å²) in [7, 11) is 0. The molecule has 0 saturated carbocycles. The first-order valence-electron chi connectivity index (χ1n) is 10.6. The Morgan fingerprint density at radius 1 is 1.00 bits per heavy atom. The van der Waals surface area contributed by atoms with E-state index >= 15 is 0 Å². The van der Waals surface area contributed by atoms with Gasteiger partial charge in [-0.25, -0.2) is 9.50 Å². The predicted octanol–water partition coefficient (Wildman–Crippen LogP) is 2.23. The van der Waals surface area contributed by atoms with E-state index < -0.39 is 5.60 Å². The highest BCUT2D eigenvalue weighted by Crippen LogP contribution is 2.25. The highest BCUT2D eigenvalue weighted by atomic mass is 16.3. The molecule has 162 valence electrons. The Morgan fingerprint density at radius 2 is 1.66 bits per heavy atom. The van der Waals surface area contributed by atoms with E-state index in [9.17, 15) is 14.7 Å². The average Bonchev–Trinajstić information content (AvgIpc) is 3.27. The molecule has 5 rings (SSSR count). The summed E-state index contributed by atoms with van der Waals surface area (Å²) in [4.78, 5) is 31.8. The summed E-state index contributed by atoms with van der Waals surface area (Å²) in [6, 6.07) is 18.7. The minimum Gasteiger partial charge on any atom is -0.388 e. The van der Waals surface area contributed by atoms with Crippen LogP contribution in [-0.2, 0) is 6.54 Å². The number of benzene rings is 2. The van der Waals surface area contributed by atoms with Crippen LogP contribution in [0.15, 0.2) is 78.0 Å². The maximum atomic E-state index is 13.0. The molecule has 1 amide bonds. The third-order valence-electron chi connectivity index (χ3n) is 6.02. The van der Waals surface area contributed by atoms with Gasteiger partial charge in [0.2, 0.25) is 0 Å². The number of nitrogens with zero attached hydrogens (tertiary/aromatic N) is 5. The standard InChI is InChI=1S/C24H23N5O3/c30-22(19-9-5-2-6-10-19)27-13-11-24(32,12-14-27)16-28-17-26-29-20(23(28)31)15-25-21(29)18-7-3-1-4-8-18/h1-10,15,17,32H,11-14,16H2. The van der Waals surface area contributed by atoms with Crippen LogP contribution in [0.4, 0.5) is 0 Å². The Kier molecular flexibility index (Phi) is 5.07. The third kappa shape index (κ3) is 3.69. The fourth-order valence-corrected chi connectivity index (χ4v) is 4.18. The molecule has 0 bridgehead atoms. The Labute approximate surface area is 184 Å². The zero-order valence-corrected chi connectivity index (χ0v) is 17.5. The third-order valence-corrected chi connectivity index (χ3v) is 6.02. The van der Waals surface area contributed by atoms with E-state index in [0.29, 0.717) is 42.8 Å². The molecule has 1 aliphatic heterocycles. The van der Waals surface area contributed by atoms with Crippen molar-refractivity contribution >= 4 is 11.4 Å². The van der Waals surface area contributed by atoms with Crippen LogP contribution in [0.5, 0.6) is 0 Å². The number of piperidine rings is 1. The normalized spacial score (nSPS) is 15.7. The highest BCUT2D eigenvalue weighted by molar-refractivity contribution is 5.94. The summed E-state index contributed by atoms with van der Waals surface area (Å²) >= 11 is 0. The number of aliphatic hydroxyl groups is 1. The molecule has 0 aliphatic carbocycles. The van der Waals surface area contributed by atoms with Crippen LogP contribution in [-0.4, -0.2) is 53.8 Å². The number of amides is 1. The van der Waals surface area contributed by atoms with E-state index in [1.54, 1.807) is 17.0 Å². The molecule has 1 aliphatic rings.